The second kappa shape index (κ2) is 15.8. The van der Waals surface area contributed by atoms with Crippen LogP contribution in [0.15, 0.2) is 102 Å². The van der Waals surface area contributed by atoms with Crippen molar-refractivity contribution in [1.29, 1.82) is 0 Å². The number of carbonyl (C=O) groups excluding carboxylic acids is 2. The van der Waals surface area contributed by atoms with Crippen LogP contribution in [0.3, 0.4) is 0 Å². The fourth-order valence-corrected chi connectivity index (χ4v) is 6.62. The van der Waals surface area contributed by atoms with Crippen molar-refractivity contribution in [3.05, 3.63) is 119 Å². The minimum Gasteiger partial charge on any atom is -0.493 e. The Kier molecular flexibility index (Phi) is 11.9. The first-order valence-corrected chi connectivity index (χ1v) is 16.9. The maximum Gasteiger partial charge on any atom is 0.264 e. The summed E-state index contributed by atoms with van der Waals surface area (Å²) in [6, 6.07) is 26.3. The third-order valence-corrected chi connectivity index (χ3v) is 9.53. The molecule has 0 radical (unpaired) electrons. The highest BCUT2D eigenvalue weighted by atomic mass is 35.5. The summed E-state index contributed by atoms with van der Waals surface area (Å²) in [6.45, 7) is 5.04. The van der Waals surface area contributed by atoms with E-state index in [0.29, 0.717) is 10.8 Å². The third kappa shape index (κ3) is 9.05. The van der Waals surface area contributed by atoms with Crippen LogP contribution in [0.2, 0.25) is 5.02 Å². The van der Waals surface area contributed by atoms with Crippen molar-refractivity contribution in [3.8, 4) is 11.5 Å². The molecule has 1 atom stereocenters. The molecule has 0 bridgehead atoms. The van der Waals surface area contributed by atoms with Crippen molar-refractivity contribution in [2.45, 2.75) is 50.7 Å². The molecule has 0 aliphatic rings. The average molecular weight is 678 g/mol. The molecule has 0 saturated carbocycles. The van der Waals surface area contributed by atoms with Gasteiger partial charge in [0.1, 0.15) is 12.6 Å². The van der Waals surface area contributed by atoms with Gasteiger partial charge in [0, 0.05) is 30.1 Å². The Morgan fingerprint density at radius 2 is 1.47 bits per heavy atom. The summed E-state index contributed by atoms with van der Waals surface area (Å²) in [5, 5.41) is 3.48. The summed E-state index contributed by atoms with van der Waals surface area (Å²) in [5.41, 5.74) is 2.78. The summed E-state index contributed by atoms with van der Waals surface area (Å²) in [7, 11) is -1.45. The zero-order valence-corrected chi connectivity index (χ0v) is 28.7. The van der Waals surface area contributed by atoms with E-state index >= 15 is 0 Å². The number of rotatable bonds is 14. The fourth-order valence-electron chi connectivity index (χ4n) is 5.07. The highest BCUT2D eigenvalue weighted by Gasteiger charge is 2.35. The lowest BCUT2D eigenvalue weighted by Gasteiger charge is -2.34. The molecule has 0 spiro atoms. The van der Waals surface area contributed by atoms with Crippen molar-refractivity contribution < 1.29 is 27.5 Å². The summed E-state index contributed by atoms with van der Waals surface area (Å²) >= 11 is 6.15. The number of aryl methyl sites for hydroxylation is 1. The molecule has 11 heteroatoms. The van der Waals surface area contributed by atoms with Crippen molar-refractivity contribution in [3.63, 3.8) is 0 Å². The number of carbonyl (C=O) groups is 2. The first-order valence-electron chi connectivity index (χ1n) is 15.1. The van der Waals surface area contributed by atoms with Crippen LogP contribution >= 0.6 is 11.6 Å². The Bertz CT molecular complexity index is 1770. The lowest BCUT2D eigenvalue weighted by atomic mass is 10.0. The standard InChI is InChI=1S/C36H40ClN3O6S/c1-25(2)38-36(42)32(21-27-9-7-6-8-10-27)39(23-28-13-15-29(37)16-14-28)35(41)24-40(30-17-11-26(3)12-18-30)47(43,44)31-19-20-33(45-4)34(22-31)46-5/h6-20,22,25,32H,21,23-24H2,1-5H3,(H,38,42)/t32-/m0/s1. The molecule has 9 nitrogen and oxygen atoms in total. The van der Waals surface area contributed by atoms with Gasteiger partial charge in [-0.3, -0.25) is 13.9 Å². The number of ether oxygens (including phenoxy) is 2. The minimum absolute atomic E-state index is 0.0389. The highest BCUT2D eigenvalue weighted by Crippen LogP contribution is 2.32. The van der Waals surface area contributed by atoms with E-state index in [1.54, 1.807) is 48.5 Å². The van der Waals surface area contributed by atoms with E-state index < -0.39 is 28.5 Å². The van der Waals surface area contributed by atoms with Gasteiger partial charge in [-0.05, 0) is 68.3 Å². The molecule has 0 aliphatic heterocycles. The van der Waals surface area contributed by atoms with Crippen LogP contribution in [0, 0.1) is 6.92 Å². The zero-order chi connectivity index (χ0) is 34.1. The number of sulfonamides is 1. The number of methoxy groups -OCH3 is 2. The van der Waals surface area contributed by atoms with Crippen molar-refractivity contribution in [2.24, 2.45) is 0 Å². The number of nitrogens with one attached hydrogen (secondary N) is 1. The Hall–Kier alpha value is -4.54. The predicted octanol–water partition coefficient (Wildman–Crippen LogP) is 6.03. The molecule has 4 aromatic rings. The lowest BCUT2D eigenvalue weighted by Crippen LogP contribution is -2.54. The van der Waals surface area contributed by atoms with Crippen molar-refractivity contribution >= 4 is 39.1 Å². The van der Waals surface area contributed by atoms with Crippen molar-refractivity contribution in [2.75, 3.05) is 25.1 Å². The van der Waals surface area contributed by atoms with Crippen LogP contribution < -0.4 is 19.1 Å². The zero-order valence-electron chi connectivity index (χ0n) is 27.1. The molecule has 0 aromatic heterocycles. The van der Waals surface area contributed by atoms with Gasteiger partial charge >= 0.3 is 0 Å². The Morgan fingerprint density at radius 1 is 0.830 bits per heavy atom. The Balaban J connectivity index is 1.82. The topological polar surface area (TPSA) is 105 Å². The lowest BCUT2D eigenvalue weighted by molar-refractivity contribution is -0.140. The maximum absolute atomic E-state index is 14.6. The number of hydrogen-bond acceptors (Lipinski definition) is 6. The number of hydrogen-bond donors (Lipinski definition) is 1. The average Bonchev–Trinajstić information content (AvgIpc) is 3.06. The molecular weight excluding hydrogens is 638 g/mol. The van der Waals surface area contributed by atoms with Gasteiger partial charge in [-0.1, -0.05) is 71.8 Å². The van der Waals surface area contributed by atoms with Gasteiger partial charge in [0.25, 0.3) is 10.0 Å². The first-order chi connectivity index (χ1) is 22.4. The predicted molar refractivity (Wildman–Crippen MR) is 184 cm³/mol. The van der Waals surface area contributed by atoms with Crippen LogP contribution in [-0.4, -0.2) is 58.0 Å². The van der Waals surface area contributed by atoms with Gasteiger partial charge < -0.3 is 19.7 Å². The molecule has 0 fully saturated rings. The van der Waals surface area contributed by atoms with Crippen molar-refractivity contribution in [1.82, 2.24) is 10.2 Å². The van der Waals surface area contributed by atoms with Gasteiger partial charge in [0.2, 0.25) is 11.8 Å². The highest BCUT2D eigenvalue weighted by molar-refractivity contribution is 7.92. The van der Waals surface area contributed by atoms with E-state index in [9.17, 15) is 18.0 Å². The van der Waals surface area contributed by atoms with E-state index in [1.807, 2.05) is 51.1 Å². The molecule has 47 heavy (non-hydrogen) atoms. The number of benzene rings is 4. The number of anilines is 1. The molecule has 1 N–H and O–H groups in total. The second-order valence-corrected chi connectivity index (χ2v) is 13.7. The summed E-state index contributed by atoms with van der Waals surface area (Å²) in [5.74, 6) is -0.333. The van der Waals surface area contributed by atoms with Crippen LogP contribution in [0.1, 0.15) is 30.5 Å². The summed E-state index contributed by atoms with van der Waals surface area (Å²) in [6.07, 6.45) is 0.214. The van der Waals surface area contributed by atoms with E-state index in [-0.39, 0.29) is 41.2 Å². The minimum atomic E-state index is -4.32. The maximum atomic E-state index is 14.6. The van der Waals surface area contributed by atoms with Crippen LogP contribution in [0.4, 0.5) is 5.69 Å². The van der Waals surface area contributed by atoms with Crippen LogP contribution in [0.5, 0.6) is 11.5 Å². The number of amides is 2. The van der Waals surface area contributed by atoms with E-state index in [0.717, 1.165) is 21.0 Å². The summed E-state index contributed by atoms with van der Waals surface area (Å²) in [4.78, 5) is 29.7. The number of nitrogens with zero attached hydrogens (tertiary/aromatic N) is 2. The van der Waals surface area contributed by atoms with Gasteiger partial charge in [-0.2, -0.15) is 0 Å². The molecule has 2 amide bonds. The quantitative estimate of drug-likeness (QED) is 0.175. The van der Waals surface area contributed by atoms with Gasteiger partial charge in [-0.25, -0.2) is 8.42 Å². The van der Waals surface area contributed by atoms with E-state index in [2.05, 4.69) is 5.32 Å². The monoisotopic (exact) mass is 677 g/mol. The third-order valence-electron chi connectivity index (χ3n) is 7.51. The molecular formula is C36H40ClN3O6S. The molecule has 0 saturated heterocycles. The molecule has 4 rings (SSSR count). The second-order valence-electron chi connectivity index (χ2n) is 11.4. The molecule has 4 aromatic carbocycles. The number of halogens is 1. The summed E-state index contributed by atoms with van der Waals surface area (Å²) < 4.78 is 40.4. The van der Waals surface area contributed by atoms with E-state index in [1.165, 1.54) is 37.3 Å². The molecule has 0 aliphatic carbocycles. The van der Waals surface area contributed by atoms with Gasteiger partial charge in [-0.15, -0.1) is 0 Å². The van der Waals surface area contributed by atoms with Crippen LogP contribution in [0.25, 0.3) is 0 Å². The smallest absolute Gasteiger partial charge is 0.264 e. The van der Waals surface area contributed by atoms with Crippen LogP contribution in [-0.2, 0) is 32.6 Å². The van der Waals surface area contributed by atoms with Gasteiger partial charge in [0.05, 0.1) is 24.8 Å². The largest absolute Gasteiger partial charge is 0.493 e. The molecule has 0 heterocycles. The normalized spacial score (nSPS) is 11.9. The van der Waals surface area contributed by atoms with Gasteiger partial charge in [0.15, 0.2) is 11.5 Å². The molecule has 0 unspecified atom stereocenters. The SMILES string of the molecule is COc1ccc(S(=O)(=O)N(CC(=O)N(Cc2ccc(Cl)cc2)[C@@H](Cc2ccccc2)C(=O)NC(C)C)c2ccc(C)cc2)cc1OC. The van der Waals surface area contributed by atoms with E-state index in [4.69, 9.17) is 21.1 Å². The Morgan fingerprint density at radius 3 is 2.06 bits per heavy atom. The molecule has 248 valence electrons. The fraction of sp³-hybridized carbons (Fsp3) is 0.278. The Labute approximate surface area is 282 Å². The first kappa shape index (κ1) is 35.3.